The number of halogens is 2. The predicted molar refractivity (Wildman–Crippen MR) is 47.1 cm³/mol. The normalized spacial score (nSPS) is 35.3. The minimum absolute atomic E-state index is 0.0678. The van der Waals surface area contributed by atoms with Gasteiger partial charge in [-0.1, -0.05) is 6.92 Å². The third-order valence-electron chi connectivity index (χ3n) is 2.55. The molecule has 1 N–H and O–H groups in total. The molecule has 2 nitrogen and oxygen atoms in total. The summed E-state index contributed by atoms with van der Waals surface area (Å²) < 4.78 is 30.9. The fraction of sp³-hybridized carbons (Fsp3) is 1.00. The van der Waals surface area contributed by atoms with E-state index in [0.29, 0.717) is 26.0 Å². The summed E-state index contributed by atoms with van der Waals surface area (Å²) >= 11 is 0. The van der Waals surface area contributed by atoms with E-state index < -0.39 is 12.0 Å². The Labute approximate surface area is 77.6 Å². The van der Waals surface area contributed by atoms with Crippen molar-refractivity contribution < 1.29 is 13.5 Å². The van der Waals surface area contributed by atoms with Crippen LogP contribution < -0.4 is 5.32 Å². The van der Waals surface area contributed by atoms with Crippen LogP contribution in [0.4, 0.5) is 8.78 Å². The summed E-state index contributed by atoms with van der Waals surface area (Å²) in [4.78, 5) is 0. The molecule has 0 saturated carbocycles. The summed E-state index contributed by atoms with van der Waals surface area (Å²) in [7, 11) is 0. The van der Waals surface area contributed by atoms with Crippen LogP contribution >= 0.6 is 0 Å². The first kappa shape index (κ1) is 10.9. The second kappa shape index (κ2) is 4.33. The molecule has 4 heteroatoms. The van der Waals surface area contributed by atoms with Crippen molar-refractivity contribution in [3.8, 4) is 0 Å². The molecule has 1 aliphatic heterocycles. The monoisotopic (exact) mass is 193 g/mol. The largest absolute Gasteiger partial charge is 0.378 e. The van der Waals surface area contributed by atoms with Gasteiger partial charge in [-0.05, 0) is 26.3 Å². The highest BCUT2D eigenvalue weighted by Gasteiger charge is 2.42. The van der Waals surface area contributed by atoms with E-state index in [1.54, 1.807) is 0 Å². The fourth-order valence-corrected chi connectivity index (χ4v) is 1.90. The van der Waals surface area contributed by atoms with E-state index in [4.69, 9.17) is 4.74 Å². The molecular weight excluding hydrogens is 176 g/mol. The highest BCUT2D eigenvalue weighted by molar-refractivity contribution is 4.94. The average Bonchev–Trinajstić information content (AvgIpc) is 2.04. The van der Waals surface area contributed by atoms with E-state index in [1.807, 2.05) is 13.8 Å². The topological polar surface area (TPSA) is 21.3 Å². The lowest BCUT2D eigenvalue weighted by Gasteiger charge is -2.39. The first-order chi connectivity index (χ1) is 6.10. The van der Waals surface area contributed by atoms with Crippen molar-refractivity contribution in [1.29, 1.82) is 0 Å². The van der Waals surface area contributed by atoms with Crippen LogP contribution in [0.3, 0.4) is 0 Å². The van der Waals surface area contributed by atoms with Gasteiger partial charge in [0.25, 0.3) is 6.43 Å². The van der Waals surface area contributed by atoms with Crippen molar-refractivity contribution in [2.24, 2.45) is 0 Å². The van der Waals surface area contributed by atoms with Gasteiger partial charge in [-0.25, -0.2) is 8.78 Å². The van der Waals surface area contributed by atoms with Gasteiger partial charge < -0.3 is 10.1 Å². The summed E-state index contributed by atoms with van der Waals surface area (Å²) in [5.74, 6) is 0. The van der Waals surface area contributed by atoms with Crippen molar-refractivity contribution in [3.63, 3.8) is 0 Å². The lowest BCUT2D eigenvalue weighted by atomic mass is 9.87. The maximum Gasteiger partial charge on any atom is 0.256 e. The fourth-order valence-electron chi connectivity index (χ4n) is 1.90. The summed E-state index contributed by atoms with van der Waals surface area (Å²) in [6.07, 6.45) is -1.57. The molecule has 1 saturated heterocycles. The third-order valence-corrected chi connectivity index (χ3v) is 2.55. The Balaban J connectivity index is 2.64. The Kier molecular flexibility index (Phi) is 3.62. The van der Waals surface area contributed by atoms with Crippen molar-refractivity contribution in [1.82, 2.24) is 5.32 Å². The highest BCUT2D eigenvalue weighted by Crippen LogP contribution is 2.30. The smallest absolute Gasteiger partial charge is 0.256 e. The molecule has 1 heterocycles. The molecule has 0 amide bonds. The molecule has 13 heavy (non-hydrogen) atoms. The van der Waals surface area contributed by atoms with E-state index in [-0.39, 0.29) is 6.10 Å². The zero-order valence-corrected chi connectivity index (χ0v) is 8.15. The van der Waals surface area contributed by atoms with Gasteiger partial charge in [-0.3, -0.25) is 0 Å². The van der Waals surface area contributed by atoms with Gasteiger partial charge in [-0.2, -0.15) is 0 Å². The minimum atomic E-state index is -2.31. The molecule has 0 radical (unpaired) electrons. The molecule has 1 fully saturated rings. The summed E-state index contributed by atoms with van der Waals surface area (Å²) in [6.45, 7) is 4.70. The number of alkyl halides is 2. The Bertz CT molecular complexity index is 162. The molecule has 0 spiro atoms. The van der Waals surface area contributed by atoms with E-state index >= 15 is 0 Å². The van der Waals surface area contributed by atoms with Crippen LogP contribution in [-0.4, -0.2) is 31.2 Å². The minimum Gasteiger partial charge on any atom is -0.378 e. The van der Waals surface area contributed by atoms with Crippen LogP contribution in [0, 0.1) is 0 Å². The molecule has 1 rings (SSSR count). The Morgan fingerprint density at radius 1 is 1.62 bits per heavy atom. The second-order valence-electron chi connectivity index (χ2n) is 3.62. The zero-order chi connectivity index (χ0) is 9.90. The van der Waals surface area contributed by atoms with Gasteiger partial charge in [0.2, 0.25) is 0 Å². The number of hydrogen-bond donors (Lipinski definition) is 1. The SMILES string of the molecule is CCNC1(C(F)F)CCOC(C)C1. The molecule has 2 unspecified atom stereocenters. The molecule has 0 aromatic heterocycles. The van der Waals surface area contributed by atoms with Gasteiger partial charge >= 0.3 is 0 Å². The molecule has 0 aliphatic carbocycles. The van der Waals surface area contributed by atoms with E-state index in [9.17, 15) is 8.78 Å². The quantitative estimate of drug-likeness (QED) is 0.738. The van der Waals surface area contributed by atoms with Crippen LogP contribution in [0.25, 0.3) is 0 Å². The summed E-state index contributed by atoms with van der Waals surface area (Å²) in [5, 5.41) is 2.90. The maximum absolute atomic E-state index is 12.8. The first-order valence-corrected chi connectivity index (χ1v) is 4.75. The number of hydrogen-bond acceptors (Lipinski definition) is 2. The van der Waals surface area contributed by atoms with Crippen LogP contribution in [-0.2, 0) is 4.74 Å². The molecule has 0 aromatic rings. The lowest BCUT2D eigenvalue weighted by Crippen LogP contribution is -2.56. The van der Waals surface area contributed by atoms with E-state index in [0.717, 1.165) is 0 Å². The predicted octanol–water partition coefficient (Wildman–Crippen LogP) is 1.80. The van der Waals surface area contributed by atoms with Crippen molar-refractivity contribution in [3.05, 3.63) is 0 Å². The molecule has 1 aliphatic rings. The van der Waals surface area contributed by atoms with Gasteiger partial charge in [0.1, 0.15) is 0 Å². The summed E-state index contributed by atoms with van der Waals surface area (Å²) in [5.41, 5.74) is -1.01. The average molecular weight is 193 g/mol. The van der Waals surface area contributed by atoms with Crippen molar-refractivity contribution >= 4 is 0 Å². The standard InChI is InChI=1S/C9H17F2NO/c1-3-12-9(8(10)11)4-5-13-7(2)6-9/h7-8,12H,3-6H2,1-2H3. The Hall–Kier alpha value is -0.220. The molecule has 0 aromatic carbocycles. The number of nitrogens with one attached hydrogen (secondary N) is 1. The van der Waals surface area contributed by atoms with Gasteiger partial charge in [0.05, 0.1) is 11.6 Å². The highest BCUT2D eigenvalue weighted by atomic mass is 19.3. The first-order valence-electron chi connectivity index (χ1n) is 4.75. The van der Waals surface area contributed by atoms with Crippen LogP contribution in [0.2, 0.25) is 0 Å². The zero-order valence-electron chi connectivity index (χ0n) is 8.15. The van der Waals surface area contributed by atoms with Crippen molar-refractivity contribution in [2.45, 2.75) is 44.8 Å². The molecule has 78 valence electrons. The summed E-state index contributed by atoms with van der Waals surface area (Å²) in [6, 6.07) is 0. The third kappa shape index (κ3) is 2.38. The van der Waals surface area contributed by atoms with Crippen LogP contribution in [0.1, 0.15) is 26.7 Å². The molecule has 0 bridgehead atoms. The van der Waals surface area contributed by atoms with E-state index in [2.05, 4.69) is 5.32 Å². The lowest BCUT2D eigenvalue weighted by molar-refractivity contribution is -0.0768. The van der Waals surface area contributed by atoms with Crippen LogP contribution in [0.15, 0.2) is 0 Å². The van der Waals surface area contributed by atoms with Gasteiger partial charge in [-0.15, -0.1) is 0 Å². The second-order valence-corrected chi connectivity index (χ2v) is 3.62. The molecule has 2 atom stereocenters. The van der Waals surface area contributed by atoms with E-state index in [1.165, 1.54) is 0 Å². The van der Waals surface area contributed by atoms with Crippen LogP contribution in [0.5, 0.6) is 0 Å². The Morgan fingerprint density at radius 3 is 2.77 bits per heavy atom. The number of rotatable bonds is 3. The Morgan fingerprint density at radius 2 is 2.31 bits per heavy atom. The molecular formula is C9H17F2NO. The van der Waals surface area contributed by atoms with Gasteiger partial charge in [0, 0.05) is 6.61 Å². The van der Waals surface area contributed by atoms with Crippen molar-refractivity contribution in [2.75, 3.05) is 13.2 Å². The maximum atomic E-state index is 12.8. The number of ether oxygens (including phenoxy) is 1. The van der Waals surface area contributed by atoms with Gasteiger partial charge in [0.15, 0.2) is 0 Å².